The topological polar surface area (TPSA) is 57.6 Å². The van der Waals surface area contributed by atoms with Crippen molar-refractivity contribution >= 4 is 11.9 Å². The second kappa shape index (κ2) is 7.10. The molecule has 1 amide bonds. The molecule has 7 heteroatoms. The van der Waals surface area contributed by atoms with Gasteiger partial charge in [0.1, 0.15) is 0 Å². The summed E-state index contributed by atoms with van der Waals surface area (Å²) in [5, 5.41) is 9.01. The molecule has 116 valence electrons. The van der Waals surface area contributed by atoms with Gasteiger partial charge in [0, 0.05) is 20.0 Å². The molecular weight excluding hydrogens is 287 g/mol. The molecule has 0 fully saturated rings. The van der Waals surface area contributed by atoms with Gasteiger partial charge in [0.2, 0.25) is 5.91 Å². The van der Waals surface area contributed by atoms with Gasteiger partial charge in [0.25, 0.3) is 0 Å². The van der Waals surface area contributed by atoms with Crippen molar-refractivity contribution in [2.75, 3.05) is 13.6 Å². The highest BCUT2D eigenvalue weighted by Gasteiger charge is 2.28. The number of alkyl halides is 3. The molecule has 21 heavy (non-hydrogen) atoms. The van der Waals surface area contributed by atoms with E-state index in [-0.39, 0.29) is 18.5 Å². The Morgan fingerprint density at radius 1 is 1.24 bits per heavy atom. The van der Waals surface area contributed by atoms with Crippen LogP contribution >= 0.6 is 0 Å². The summed E-state index contributed by atoms with van der Waals surface area (Å²) in [6, 6.07) is 6.33. The van der Waals surface area contributed by atoms with Crippen LogP contribution in [0, 0.1) is 0 Å². The number of aromatic carboxylic acids is 1. The van der Waals surface area contributed by atoms with E-state index in [0.29, 0.717) is 5.56 Å². The van der Waals surface area contributed by atoms with E-state index in [9.17, 15) is 22.8 Å². The number of hydrogen-bond acceptors (Lipinski definition) is 2. The monoisotopic (exact) mass is 303 g/mol. The largest absolute Gasteiger partial charge is 0.478 e. The van der Waals surface area contributed by atoms with Gasteiger partial charge in [-0.3, -0.25) is 4.79 Å². The van der Waals surface area contributed by atoms with E-state index in [1.165, 1.54) is 18.0 Å². The van der Waals surface area contributed by atoms with E-state index in [0.717, 1.165) is 0 Å². The summed E-state index contributed by atoms with van der Waals surface area (Å²) in [5.74, 6) is -1.68. The summed E-state index contributed by atoms with van der Waals surface area (Å²) >= 11 is 0. The normalized spacial score (nSPS) is 11.2. The van der Waals surface area contributed by atoms with Crippen LogP contribution in [0.15, 0.2) is 24.3 Å². The second-order valence-corrected chi connectivity index (χ2v) is 4.64. The average molecular weight is 303 g/mol. The van der Waals surface area contributed by atoms with Gasteiger partial charge in [0.05, 0.1) is 12.0 Å². The summed E-state index contributed by atoms with van der Waals surface area (Å²) in [4.78, 5) is 23.7. The Bertz CT molecular complexity index is 514. The fourth-order valence-corrected chi connectivity index (χ4v) is 1.80. The standard InChI is InChI=1S/C14H16F3NO3/c1-18(12(19)6-8-14(15,16)17)9-7-10-4-2-3-5-11(10)13(20)21/h2-5H,6-9H2,1H3,(H,20,21). The van der Waals surface area contributed by atoms with E-state index >= 15 is 0 Å². The first-order chi connectivity index (χ1) is 9.70. The number of amides is 1. The molecule has 0 radical (unpaired) electrons. The van der Waals surface area contributed by atoms with Crippen LogP contribution in [0.2, 0.25) is 0 Å². The molecule has 0 aliphatic carbocycles. The molecule has 1 N–H and O–H groups in total. The zero-order valence-electron chi connectivity index (χ0n) is 11.5. The minimum atomic E-state index is -4.35. The van der Waals surface area contributed by atoms with Crippen LogP contribution in [0.1, 0.15) is 28.8 Å². The summed E-state index contributed by atoms with van der Waals surface area (Å²) in [6.45, 7) is 0.168. The van der Waals surface area contributed by atoms with Crippen molar-refractivity contribution in [1.29, 1.82) is 0 Å². The lowest BCUT2D eigenvalue weighted by Crippen LogP contribution is -2.30. The lowest BCUT2D eigenvalue weighted by Gasteiger charge is -2.18. The summed E-state index contributed by atoms with van der Waals surface area (Å²) in [7, 11) is 1.40. The van der Waals surface area contributed by atoms with Crippen molar-refractivity contribution in [2.45, 2.75) is 25.4 Å². The fraction of sp³-hybridized carbons (Fsp3) is 0.429. The number of hydrogen-bond donors (Lipinski definition) is 1. The Hall–Kier alpha value is -2.05. The van der Waals surface area contributed by atoms with E-state index in [2.05, 4.69) is 0 Å². The number of benzene rings is 1. The summed E-state index contributed by atoms with van der Waals surface area (Å²) < 4.78 is 36.1. The third-order valence-electron chi connectivity index (χ3n) is 3.01. The van der Waals surface area contributed by atoms with E-state index in [1.54, 1.807) is 18.2 Å². The number of carbonyl (C=O) groups excluding carboxylic acids is 1. The molecule has 1 rings (SSSR count). The predicted octanol–water partition coefficient (Wildman–Crippen LogP) is 2.73. The molecular formula is C14H16F3NO3. The molecule has 0 saturated carbocycles. The molecule has 0 aliphatic rings. The van der Waals surface area contributed by atoms with Crippen LogP contribution in [-0.2, 0) is 11.2 Å². The van der Waals surface area contributed by atoms with Crippen LogP contribution < -0.4 is 0 Å². The predicted molar refractivity (Wildman–Crippen MR) is 70.0 cm³/mol. The molecule has 0 saturated heterocycles. The van der Waals surface area contributed by atoms with E-state index in [1.807, 2.05) is 0 Å². The average Bonchev–Trinajstić information content (AvgIpc) is 2.41. The summed E-state index contributed by atoms with van der Waals surface area (Å²) in [5.41, 5.74) is 0.675. The summed E-state index contributed by atoms with van der Waals surface area (Å²) in [6.07, 6.45) is -5.83. The Labute approximate surface area is 120 Å². The lowest BCUT2D eigenvalue weighted by atomic mass is 10.0. The molecule has 0 atom stereocenters. The molecule has 0 heterocycles. The zero-order chi connectivity index (χ0) is 16.0. The van der Waals surface area contributed by atoms with Gasteiger partial charge in [-0.15, -0.1) is 0 Å². The van der Waals surface area contributed by atoms with Crippen LogP contribution in [0.25, 0.3) is 0 Å². The molecule has 0 aliphatic heterocycles. The van der Waals surface area contributed by atoms with E-state index < -0.39 is 30.9 Å². The highest BCUT2D eigenvalue weighted by molar-refractivity contribution is 5.89. The molecule has 0 aromatic heterocycles. The number of nitrogens with zero attached hydrogens (tertiary/aromatic N) is 1. The number of carboxylic acid groups (broad SMARTS) is 1. The molecule has 1 aromatic rings. The van der Waals surface area contributed by atoms with Crippen LogP contribution in [-0.4, -0.2) is 41.7 Å². The minimum Gasteiger partial charge on any atom is -0.478 e. The van der Waals surface area contributed by atoms with Gasteiger partial charge in [-0.1, -0.05) is 18.2 Å². The number of carbonyl (C=O) groups is 2. The number of carboxylic acids is 1. The fourth-order valence-electron chi connectivity index (χ4n) is 1.80. The van der Waals surface area contributed by atoms with Crippen LogP contribution in [0.5, 0.6) is 0 Å². The van der Waals surface area contributed by atoms with Gasteiger partial charge in [-0.05, 0) is 18.1 Å². The van der Waals surface area contributed by atoms with Crippen molar-refractivity contribution in [2.24, 2.45) is 0 Å². The van der Waals surface area contributed by atoms with Gasteiger partial charge in [0.15, 0.2) is 0 Å². The quantitative estimate of drug-likeness (QED) is 0.879. The number of rotatable bonds is 6. The van der Waals surface area contributed by atoms with Crippen molar-refractivity contribution < 1.29 is 27.9 Å². The number of halogens is 3. The Kier molecular flexibility index (Phi) is 5.75. The van der Waals surface area contributed by atoms with Gasteiger partial charge >= 0.3 is 12.1 Å². The van der Waals surface area contributed by atoms with Gasteiger partial charge in [-0.2, -0.15) is 13.2 Å². The van der Waals surface area contributed by atoms with Crippen molar-refractivity contribution in [1.82, 2.24) is 4.90 Å². The highest BCUT2D eigenvalue weighted by atomic mass is 19.4. The lowest BCUT2D eigenvalue weighted by molar-refractivity contribution is -0.148. The first kappa shape index (κ1) is 17.0. The van der Waals surface area contributed by atoms with Crippen molar-refractivity contribution in [3.8, 4) is 0 Å². The molecule has 1 aromatic carbocycles. The first-order valence-electron chi connectivity index (χ1n) is 6.32. The van der Waals surface area contributed by atoms with E-state index in [4.69, 9.17) is 5.11 Å². The van der Waals surface area contributed by atoms with Crippen molar-refractivity contribution in [3.05, 3.63) is 35.4 Å². The van der Waals surface area contributed by atoms with Crippen LogP contribution in [0.3, 0.4) is 0 Å². The first-order valence-corrected chi connectivity index (χ1v) is 6.32. The third kappa shape index (κ3) is 5.85. The Balaban J connectivity index is 2.55. The maximum atomic E-state index is 12.0. The SMILES string of the molecule is CN(CCc1ccccc1C(=O)O)C(=O)CCC(F)(F)F. The Morgan fingerprint density at radius 3 is 2.43 bits per heavy atom. The maximum absolute atomic E-state index is 12.0. The molecule has 0 bridgehead atoms. The molecule has 0 spiro atoms. The highest BCUT2D eigenvalue weighted by Crippen LogP contribution is 2.21. The minimum absolute atomic E-state index is 0.133. The maximum Gasteiger partial charge on any atom is 0.389 e. The smallest absolute Gasteiger partial charge is 0.389 e. The van der Waals surface area contributed by atoms with Crippen molar-refractivity contribution in [3.63, 3.8) is 0 Å². The second-order valence-electron chi connectivity index (χ2n) is 4.64. The zero-order valence-corrected chi connectivity index (χ0v) is 11.5. The van der Waals surface area contributed by atoms with Crippen LogP contribution in [0.4, 0.5) is 13.2 Å². The van der Waals surface area contributed by atoms with Gasteiger partial charge < -0.3 is 10.0 Å². The Morgan fingerprint density at radius 2 is 1.86 bits per heavy atom. The third-order valence-corrected chi connectivity index (χ3v) is 3.01. The number of likely N-dealkylation sites (N-methyl/N-ethyl adjacent to an activating group) is 1. The molecule has 0 unspecified atom stereocenters. The molecule has 4 nitrogen and oxygen atoms in total. The van der Waals surface area contributed by atoms with Gasteiger partial charge in [-0.25, -0.2) is 4.79 Å².